The van der Waals surface area contributed by atoms with E-state index in [2.05, 4.69) is 0 Å². The minimum atomic E-state index is -2.85. The Bertz CT molecular complexity index is 353. The van der Waals surface area contributed by atoms with Crippen molar-refractivity contribution in [2.45, 2.75) is 37.6 Å². The molecule has 132 valence electrons. The predicted octanol–water partition coefficient (Wildman–Crippen LogP) is -1.33. The third-order valence-corrected chi connectivity index (χ3v) is 10.4. The van der Waals surface area contributed by atoms with Crippen LogP contribution in [0.4, 0.5) is 0 Å². The van der Waals surface area contributed by atoms with E-state index in [9.17, 15) is 30.6 Å². The van der Waals surface area contributed by atoms with Crippen LogP contribution in [0.5, 0.6) is 0 Å². The highest BCUT2D eigenvalue weighted by Crippen LogP contribution is 2.68. The summed E-state index contributed by atoms with van der Waals surface area (Å²) < 4.78 is 6.19. The Balaban J connectivity index is 3.85. The maximum absolute atomic E-state index is 10.2. The van der Waals surface area contributed by atoms with E-state index in [-0.39, 0.29) is 0 Å². The molecule has 0 aromatic heterocycles. The van der Waals surface area contributed by atoms with Crippen molar-refractivity contribution < 1.29 is 35.1 Å². The predicted molar refractivity (Wildman–Crippen MR) is 82.7 cm³/mol. The summed E-state index contributed by atoms with van der Waals surface area (Å²) in [5.74, 6) is 0. The van der Waals surface area contributed by atoms with Crippen LogP contribution in [0.25, 0.3) is 0 Å². The number of rotatable bonds is 6. The lowest BCUT2D eigenvalue weighted by atomic mass is 9.52. The van der Waals surface area contributed by atoms with Crippen molar-refractivity contribution in [2.75, 3.05) is 39.6 Å². The smallest absolute Gasteiger partial charge is 0.198 e. The van der Waals surface area contributed by atoms with Crippen molar-refractivity contribution in [3.8, 4) is 0 Å². The Morgan fingerprint density at radius 2 is 1.05 bits per heavy atom. The summed E-state index contributed by atoms with van der Waals surface area (Å²) in [4.78, 5) is 0. The zero-order valence-corrected chi connectivity index (χ0v) is 14.8. The van der Waals surface area contributed by atoms with Crippen LogP contribution in [0.2, 0.25) is 18.1 Å². The van der Waals surface area contributed by atoms with E-state index in [4.69, 9.17) is 4.43 Å². The van der Waals surface area contributed by atoms with Crippen LogP contribution in [-0.2, 0) is 4.43 Å². The van der Waals surface area contributed by atoms with E-state index in [1.54, 1.807) is 26.9 Å². The Hall–Kier alpha value is -0.0631. The van der Waals surface area contributed by atoms with E-state index in [1.165, 1.54) is 0 Å². The van der Waals surface area contributed by atoms with Gasteiger partial charge >= 0.3 is 0 Å². The first kappa shape index (κ1) is 20.0. The van der Waals surface area contributed by atoms with Gasteiger partial charge in [-0.2, -0.15) is 0 Å². The lowest BCUT2D eigenvalue weighted by Crippen LogP contribution is -2.79. The minimum Gasteiger partial charge on any atom is -0.411 e. The first-order chi connectivity index (χ1) is 10.1. The molecule has 1 aliphatic heterocycles. The quantitative estimate of drug-likeness (QED) is 0.331. The molecule has 1 rings (SSSR count). The highest BCUT2D eigenvalue weighted by Gasteiger charge is 2.76. The lowest BCUT2D eigenvalue weighted by Gasteiger charge is -2.70. The molecule has 0 saturated carbocycles. The zero-order chi connectivity index (χ0) is 17.4. The van der Waals surface area contributed by atoms with E-state index >= 15 is 0 Å². The summed E-state index contributed by atoms with van der Waals surface area (Å²) in [6, 6.07) is 0. The summed E-state index contributed by atoms with van der Waals surface area (Å²) in [7, 11) is -2.85. The number of hydrogen-bond donors (Lipinski definition) is 6. The van der Waals surface area contributed by atoms with E-state index < -0.39 is 69.4 Å². The molecule has 0 unspecified atom stereocenters. The molecule has 0 amide bonds. The topological polar surface area (TPSA) is 131 Å². The van der Waals surface area contributed by atoms with Gasteiger partial charge in [0, 0.05) is 10.5 Å². The Kier molecular flexibility index (Phi) is 5.54. The fraction of sp³-hybridized carbons (Fsp3) is 1.00. The molecule has 8 heteroatoms. The maximum Gasteiger partial charge on any atom is 0.198 e. The van der Waals surface area contributed by atoms with Crippen molar-refractivity contribution in [1.29, 1.82) is 0 Å². The molecule has 0 radical (unpaired) electrons. The fourth-order valence-corrected chi connectivity index (χ4v) is 8.54. The average molecular weight is 338 g/mol. The largest absolute Gasteiger partial charge is 0.411 e. The molecule has 0 aliphatic carbocycles. The summed E-state index contributed by atoms with van der Waals surface area (Å²) in [6.07, 6.45) is 0. The van der Waals surface area contributed by atoms with Gasteiger partial charge in [0.2, 0.25) is 0 Å². The van der Waals surface area contributed by atoms with Gasteiger partial charge < -0.3 is 35.1 Å². The van der Waals surface area contributed by atoms with Crippen molar-refractivity contribution in [3.05, 3.63) is 0 Å². The van der Waals surface area contributed by atoms with Gasteiger partial charge in [0.05, 0.1) is 50.7 Å². The standard InChI is InChI=1S/C14H30O7Si/c1-11(2)12(5-15,6-16)13(7-17,8-18)14(9-19,10-20)22(3,4)21-11/h15-20H,5-10H2,1-4H3. The molecular formula is C14H30O7Si. The SMILES string of the molecule is CC1(C)O[Si](C)(C)C(CO)(CO)C(CO)(CO)C1(CO)CO. The maximum atomic E-state index is 10.2. The number of aliphatic hydroxyl groups excluding tert-OH is 6. The summed E-state index contributed by atoms with van der Waals surface area (Å²) in [5.41, 5.74) is -3.99. The van der Waals surface area contributed by atoms with E-state index in [1.807, 2.05) is 0 Å². The molecule has 0 bridgehead atoms. The van der Waals surface area contributed by atoms with Crippen LogP contribution in [0.15, 0.2) is 0 Å². The molecule has 6 N–H and O–H groups in total. The molecule has 1 fully saturated rings. The molecule has 0 aromatic carbocycles. The molecule has 22 heavy (non-hydrogen) atoms. The lowest BCUT2D eigenvalue weighted by molar-refractivity contribution is -0.250. The molecular weight excluding hydrogens is 308 g/mol. The summed E-state index contributed by atoms with van der Waals surface area (Å²) >= 11 is 0. The van der Waals surface area contributed by atoms with Crippen molar-refractivity contribution in [2.24, 2.45) is 10.8 Å². The van der Waals surface area contributed by atoms with Crippen LogP contribution in [0.3, 0.4) is 0 Å². The normalized spacial score (nSPS) is 27.5. The number of hydrogen-bond acceptors (Lipinski definition) is 7. The van der Waals surface area contributed by atoms with E-state index in [0.717, 1.165) is 0 Å². The third-order valence-electron chi connectivity index (χ3n) is 6.27. The van der Waals surface area contributed by atoms with Gasteiger partial charge in [-0.25, -0.2) is 0 Å². The second-order valence-electron chi connectivity index (χ2n) is 7.32. The molecule has 1 aliphatic rings. The molecule has 0 atom stereocenters. The van der Waals surface area contributed by atoms with Gasteiger partial charge in [-0.1, -0.05) is 0 Å². The van der Waals surface area contributed by atoms with E-state index in [0.29, 0.717) is 0 Å². The Morgan fingerprint density at radius 1 is 0.682 bits per heavy atom. The average Bonchev–Trinajstić information content (AvgIpc) is 2.45. The fourth-order valence-electron chi connectivity index (χ4n) is 4.57. The summed E-state index contributed by atoms with van der Waals surface area (Å²) in [5, 5.41) is 59.3. The van der Waals surface area contributed by atoms with Gasteiger partial charge in [0.25, 0.3) is 0 Å². The van der Waals surface area contributed by atoms with Gasteiger partial charge in [-0.3, -0.25) is 0 Å². The van der Waals surface area contributed by atoms with Gasteiger partial charge in [-0.15, -0.1) is 0 Å². The molecule has 1 heterocycles. The second-order valence-corrected chi connectivity index (χ2v) is 11.5. The molecule has 0 aromatic rings. The third kappa shape index (κ3) is 1.99. The van der Waals surface area contributed by atoms with Crippen LogP contribution in [-0.4, -0.2) is 84.2 Å². The molecule has 1 saturated heterocycles. The van der Waals surface area contributed by atoms with Crippen LogP contribution >= 0.6 is 0 Å². The van der Waals surface area contributed by atoms with Crippen LogP contribution < -0.4 is 0 Å². The zero-order valence-electron chi connectivity index (χ0n) is 13.8. The van der Waals surface area contributed by atoms with Crippen molar-refractivity contribution in [3.63, 3.8) is 0 Å². The second kappa shape index (κ2) is 6.10. The van der Waals surface area contributed by atoms with Crippen LogP contribution in [0.1, 0.15) is 13.8 Å². The highest BCUT2D eigenvalue weighted by molar-refractivity contribution is 6.75. The minimum absolute atomic E-state index is 0.526. The van der Waals surface area contributed by atoms with Gasteiger partial charge in [-0.05, 0) is 26.9 Å². The Labute approximate surface area is 132 Å². The van der Waals surface area contributed by atoms with Crippen molar-refractivity contribution in [1.82, 2.24) is 0 Å². The molecule has 0 spiro atoms. The Morgan fingerprint density at radius 3 is 1.32 bits per heavy atom. The van der Waals surface area contributed by atoms with Gasteiger partial charge in [0.15, 0.2) is 8.32 Å². The first-order valence-corrected chi connectivity index (χ1v) is 10.3. The first-order valence-electron chi connectivity index (χ1n) is 7.43. The monoisotopic (exact) mass is 338 g/mol. The van der Waals surface area contributed by atoms with Gasteiger partial charge in [0.1, 0.15) is 0 Å². The number of aliphatic hydroxyl groups is 6. The van der Waals surface area contributed by atoms with Crippen LogP contribution in [0, 0.1) is 10.8 Å². The van der Waals surface area contributed by atoms with Crippen molar-refractivity contribution >= 4 is 8.32 Å². The highest BCUT2D eigenvalue weighted by atomic mass is 28.4. The molecule has 7 nitrogen and oxygen atoms in total. The summed E-state index contributed by atoms with van der Waals surface area (Å²) in [6.45, 7) is 3.57.